The Balaban J connectivity index is 1.82. The van der Waals surface area contributed by atoms with E-state index in [0.29, 0.717) is 5.69 Å². The number of benzene rings is 2. The van der Waals surface area contributed by atoms with Crippen molar-refractivity contribution >= 4 is 11.6 Å². The molecule has 0 aliphatic heterocycles. The van der Waals surface area contributed by atoms with Crippen LogP contribution in [0.1, 0.15) is 33.9 Å². The fraction of sp³-hybridized carbons (Fsp3) is 0.188. The zero-order valence-corrected chi connectivity index (χ0v) is 11.3. The highest BCUT2D eigenvalue weighted by molar-refractivity contribution is 5.97. The number of nitrogens with two attached hydrogens (primary N) is 1. The van der Waals surface area contributed by atoms with Crippen molar-refractivity contribution < 1.29 is 14.3 Å². The number of amides is 1. The molecule has 1 atom stereocenters. The summed E-state index contributed by atoms with van der Waals surface area (Å²) in [5, 5.41) is 12.5. The second-order valence-corrected chi connectivity index (χ2v) is 5.18. The van der Waals surface area contributed by atoms with Crippen molar-refractivity contribution in [1.82, 2.24) is 5.32 Å². The molecule has 1 aliphatic carbocycles. The standard InChI is InChI=1S/C16H15FN2O2/c17-10-2-6-15(20)13(8-10)16(21)19-14-5-1-9-7-11(18)3-4-12(9)14/h2-4,6-8,14,20H,1,5,18H2,(H,19,21). The minimum absolute atomic E-state index is 0.0566. The number of phenolic OH excluding ortho intramolecular Hbond substituents is 1. The van der Waals surface area contributed by atoms with Crippen LogP contribution in [0.4, 0.5) is 10.1 Å². The predicted molar refractivity (Wildman–Crippen MR) is 77.4 cm³/mol. The number of phenols is 1. The molecular weight excluding hydrogens is 271 g/mol. The van der Waals surface area contributed by atoms with E-state index in [2.05, 4.69) is 5.32 Å². The van der Waals surface area contributed by atoms with E-state index >= 15 is 0 Å². The second kappa shape index (κ2) is 5.09. The Morgan fingerprint density at radius 2 is 2.10 bits per heavy atom. The van der Waals surface area contributed by atoms with Crippen molar-refractivity contribution in [2.45, 2.75) is 18.9 Å². The molecule has 0 radical (unpaired) electrons. The van der Waals surface area contributed by atoms with Gasteiger partial charge in [0.05, 0.1) is 11.6 Å². The molecule has 0 saturated heterocycles. The van der Waals surface area contributed by atoms with Crippen molar-refractivity contribution in [1.29, 1.82) is 0 Å². The first-order valence-corrected chi connectivity index (χ1v) is 6.72. The zero-order valence-electron chi connectivity index (χ0n) is 11.3. The molecule has 0 bridgehead atoms. The van der Waals surface area contributed by atoms with E-state index < -0.39 is 11.7 Å². The van der Waals surface area contributed by atoms with Crippen molar-refractivity contribution in [3.05, 3.63) is 58.9 Å². The molecule has 0 fully saturated rings. The third kappa shape index (κ3) is 2.54. The third-order valence-corrected chi connectivity index (χ3v) is 3.75. The summed E-state index contributed by atoms with van der Waals surface area (Å²) in [7, 11) is 0. The highest BCUT2D eigenvalue weighted by Gasteiger charge is 2.25. The molecule has 108 valence electrons. The smallest absolute Gasteiger partial charge is 0.255 e. The van der Waals surface area contributed by atoms with Crippen LogP contribution in [0.2, 0.25) is 0 Å². The molecule has 1 unspecified atom stereocenters. The van der Waals surface area contributed by atoms with Gasteiger partial charge >= 0.3 is 0 Å². The molecule has 0 heterocycles. The Morgan fingerprint density at radius 3 is 2.90 bits per heavy atom. The number of carbonyl (C=O) groups excluding carboxylic acids is 1. The van der Waals surface area contributed by atoms with Gasteiger partial charge < -0.3 is 16.2 Å². The normalized spacial score (nSPS) is 16.5. The Morgan fingerprint density at radius 1 is 1.29 bits per heavy atom. The van der Waals surface area contributed by atoms with Gasteiger partial charge in [-0.05, 0) is 54.3 Å². The number of carbonyl (C=O) groups is 1. The Hall–Kier alpha value is -2.56. The first kappa shape index (κ1) is 13.4. The van der Waals surface area contributed by atoms with Crippen LogP contribution in [0, 0.1) is 5.82 Å². The van der Waals surface area contributed by atoms with Crippen LogP contribution < -0.4 is 11.1 Å². The largest absolute Gasteiger partial charge is 0.507 e. The van der Waals surface area contributed by atoms with Gasteiger partial charge in [-0.2, -0.15) is 0 Å². The average Bonchev–Trinajstić information content (AvgIpc) is 2.83. The molecule has 5 heteroatoms. The van der Waals surface area contributed by atoms with Gasteiger partial charge in [0.25, 0.3) is 5.91 Å². The third-order valence-electron chi connectivity index (χ3n) is 3.75. The number of hydrogen-bond acceptors (Lipinski definition) is 3. The van der Waals surface area contributed by atoms with Crippen LogP contribution in [-0.2, 0) is 6.42 Å². The molecule has 0 aromatic heterocycles. The highest BCUT2D eigenvalue weighted by atomic mass is 19.1. The van der Waals surface area contributed by atoms with Gasteiger partial charge in [0.2, 0.25) is 0 Å². The number of halogens is 1. The molecule has 21 heavy (non-hydrogen) atoms. The predicted octanol–water partition coefficient (Wildman–Crippen LogP) is 2.53. The average molecular weight is 286 g/mol. The number of aryl methyl sites for hydroxylation is 1. The summed E-state index contributed by atoms with van der Waals surface area (Å²) < 4.78 is 13.2. The molecule has 1 amide bonds. The maximum atomic E-state index is 13.2. The first-order valence-electron chi connectivity index (χ1n) is 6.72. The van der Waals surface area contributed by atoms with Crippen LogP contribution in [0.25, 0.3) is 0 Å². The van der Waals surface area contributed by atoms with E-state index in [1.165, 1.54) is 6.07 Å². The van der Waals surface area contributed by atoms with Crippen LogP contribution in [0.15, 0.2) is 36.4 Å². The van der Waals surface area contributed by atoms with Gasteiger partial charge in [0, 0.05) is 5.69 Å². The summed E-state index contributed by atoms with van der Waals surface area (Å²) >= 11 is 0. The van der Waals surface area contributed by atoms with E-state index in [0.717, 1.165) is 36.1 Å². The minimum atomic E-state index is -0.558. The van der Waals surface area contributed by atoms with Gasteiger partial charge in [0.15, 0.2) is 0 Å². The molecule has 0 saturated carbocycles. The number of hydrogen-bond donors (Lipinski definition) is 3. The van der Waals surface area contributed by atoms with Crippen molar-refractivity contribution in [3.8, 4) is 5.75 Å². The van der Waals surface area contributed by atoms with Crippen LogP contribution in [-0.4, -0.2) is 11.0 Å². The van der Waals surface area contributed by atoms with E-state index in [-0.39, 0.29) is 17.4 Å². The summed E-state index contributed by atoms with van der Waals surface area (Å²) in [4.78, 5) is 12.2. The number of anilines is 1. The molecule has 2 aromatic carbocycles. The van der Waals surface area contributed by atoms with Crippen molar-refractivity contribution in [2.75, 3.05) is 5.73 Å². The summed E-state index contributed by atoms with van der Waals surface area (Å²) in [6.07, 6.45) is 1.60. The van der Waals surface area contributed by atoms with Gasteiger partial charge in [-0.25, -0.2) is 4.39 Å². The molecule has 4 N–H and O–H groups in total. The summed E-state index contributed by atoms with van der Waals surface area (Å²) in [6.45, 7) is 0. The van der Waals surface area contributed by atoms with Gasteiger partial charge in [-0.3, -0.25) is 4.79 Å². The van der Waals surface area contributed by atoms with E-state index in [4.69, 9.17) is 5.73 Å². The lowest BCUT2D eigenvalue weighted by Crippen LogP contribution is -2.27. The number of rotatable bonds is 2. The minimum Gasteiger partial charge on any atom is -0.507 e. The molecule has 4 nitrogen and oxygen atoms in total. The monoisotopic (exact) mass is 286 g/mol. The van der Waals surface area contributed by atoms with Crippen molar-refractivity contribution in [3.63, 3.8) is 0 Å². The summed E-state index contributed by atoms with van der Waals surface area (Å²) in [5.74, 6) is -1.27. The molecule has 1 aliphatic rings. The quantitative estimate of drug-likeness (QED) is 0.743. The maximum Gasteiger partial charge on any atom is 0.255 e. The lowest BCUT2D eigenvalue weighted by Gasteiger charge is -2.15. The number of nitrogens with one attached hydrogen (secondary N) is 1. The summed E-state index contributed by atoms with van der Waals surface area (Å²) in [5.41, 5.74) is 8.52. The molecule has 2 aromatic rings. The lowest BCUT2D eigenvalue weighted by molar-refractivity contribution is 0.0933. The van der Waals surface area contributed by atoms with Gasteiger partial charge in [-0.1, -0.05) is 6.07 Å². The van der Waals surface area contributed by atoms with Crippen LogP contribution >= 0.6 is 0 Å². The Bertz CT molecular complexity index is 715. The molecule has 0 spiro atoms. The molecular formula is C16H15FN2O2. The maximum absolute atomic E-state index is 13.2. The van der Waals surface area contributed by atoms with Gasteiger partial charge in [-0.15, -0.1) is 0 Å². The Labute approximate surface area is 121 Å². The number of nitrogen functional groups attached to an aromatic ring is 1. The highest BCUT2D eigenvalue weighted by Crippen LogP contribution is 2.32. The SMILES string of the molecule is Nc1ccc2c(c1)CCC2NC(=O)c1cc(F)ccc1O. The van der Waals surface area contributed by atoms with Crippen LogP contribution in [0.3, 0.4) is 0 Å². The van der Waals surface area contributed by atoms with Crippen LogP contribution in [0.5, 0.6) is 5.75 Å². The first-order chi connectivity index (χ1) is 10.0. The lowest BCUT2D eigenvalue weighted by atomic mass is 10.1. The number of aromatic hydroxyl groups is 1. The fourth-order valence-corrected chi connectivity index (χ4v) is 2.71. The molecule has 3 rings (SSSR count). The topological polar surface area (TPSA) is 75.3 Å². The van der Waals surface area contributed by atoms with E-state index in [1.807, 2.05) is 12.1 Å². The van der Waals surface area contributed by atoms with E-state index in [9.17, 15) is 14.3 Å². The Kier molecular flexibility index (Phi) is 3.25. The summed E-state index contributed by atoms with van der Waals surface area (Å²) in [6, 6.07) is 8.77. The zero-order chi connectivity index (χ0) is 15.0. The number of fused-ring (bicyclic) bond motifs is 1. The fourth-order valence-electron chi connectivity index (χ4n) is 2.71. The van der Waals surface area contributed by atoms with Gasteiger partial charge in [0.1, 0.15) is 11.6 Å². The van der Waals surface area contributed by atoms with Crippen molar-refractivity contribution in [2.24, 2.45) is 0 Å². The van der Waals surface area contributed by atoms with E-state index in [1.54, 1.807) is 6.07 Å². The second-order valence-electron chi connectivity index (χ2n) is 5.18.